The number of halogens is 1. The van der Waals surface area contributed by atoms with E-state index in [1.165, 1.54) is 32.1 Å². The van der Waals surface area contributed by atoms with Gasteiger partial charge in [-0.15, -0.1) is 12.4 Å². The molecular formula is C16H29ClN2O2. The van der Waals surface area contributed by atoms with E-state index in [9.17, 15) is 4.79 Å². The highest BCUT2D eigenvalue weighted by molar-refractivity contribution is 5.85. The van der Waals surface area contributed by atoms with Gasteiger partial charge in [0.15, 0.2) is 0 Å². The number of amides is 1. The van der Waals surface area contributed by atoms with Crippen molar-refractivity contribution < 1.29 is 9.53 Å². The molecule has 2 heterocycles. The molecule has 3 fully saturated rings. The minimum Gasteiger partial charge on any atom is -0.368 e. The highest BCUT2D eigenvalue weighted by atomic mass is 35.5. The van der Waals surface area contributed by atoms with Crippen LogP contribution in [-0.2, 0) is 9.53 Å². The van der Waals surface area contributed by atoms with E-state index in [1.54, 1.807) is 0 Å². The van der Waals surface area contributed by atoms with E-state index in [-0.39, 0.29) is 24.9 Å². The van der Waals surface area contributed by atoms with Crippen LogP contribution in [0.15, 0.2) is 0 Å². The van der Waals surface area contributed by atoms with Crippen molar-refractivity contribution in [3.63, 3.8) is 0 Å². The lowest BCUT2D eigenvalue weighted by Crippen LogP contribution is -2.49. The summed E-state index contributed by atoms with van der Waals surface area (Å²) in [6.45, 7) is 0.278. The number of nitrogens with zero attached hydrogens (tertiary/aromatic N) is 1. The summed E-state index contributed by atoms with van der Waals surface area (Å²) in [7, 11) is 1.96. The van der Waals surface area contributed by atoms with Gasteiger partial charge in [-0.1, -0.05) is 19.3 Å². The third kappa shape index (κ3) is 4.33. The van der Waals surface area contributed by atoms with Gasteiger partial charge in [0.1, 0.15) is 6.61 Å². The van der Waals surface area contributed by atoms with Crippen LogP contribution in [0.5, 0.6) is 0 Å². The zero-order valence-corrected chi connectivity index (χ0v) is 13.9. The number of hydrogen-bond donors (Lipinski definition) is 1. The zero-order valence-electron chi connectivity index (χ0n) is 13.1. The number of nitrogens with one attached hydrogen (secondary N) is 1. The van der Waals surface area contributed by atoms with Crippen molar-refractivity contribution in [3.05, 3.63) is 0 Å². The fourth-order valence-electron chi connectivity index (χ4n) is 4.07. The number of hydrogen-bond acceptors (Lipinski definition) is 3. The molecule has 1 saturated carbocycles. The van der Waals surface area contributed by atoms with Crippen LogP contribution in [0.3, 0.4) is 0 Å². The monoisotopic (exact) mass is 316 g/mol. The van der Waals surface area contributed by atoms with Gasteiger partial charge in [0.25, 0.3) is 0 Å². The Kier molecular flexibility index (Phi) is 6.33. The van der Waals surface area contributed by atoms with E-state index in [1.807, 2.05) is 11.9 Å². The molecule has 0 spiro atoms. The molecule has 2 saturated heterocycles. The van der Waals surface area contributed by atoms with Crippen LogP contribution < -0.4 is 5.32 Å². The average molecular weight is 317 g/mol. The first-order valence-electron chi connectivity index (χ1n) is 8.35. The molecule has 2 aliphatic heterocycles. The quantitative estimate of drug-likeness (QED) is 0.866. The second-order valence-corrected chi connectivity index (χ2v) is 6.84. The maximum absolute atomic E-state index is 12.3. The Morgan fingerprint density at radius 2 is 1.71 bits per heavy atom. The summed E-state index contributed by atoms with van der Waals surface area (Å²) in [5.74, 6) is 0.168. The first kappa shape index (κ1) is 17.0. The Morgan fingerprint density at radius 1 is 1.10 bits per heavy atom. The van der Waals surface area contributed by atoms with Crippen molar-refractivity contribution in [2.45, 2.75) is 82.0 Å². The van der Waals surface area contributed by atoms with Gasteiger partial charge in [-0.2, -0.15) is 0 Å². The Morgan fingerprint density at radius 3 is 2.33 bits per heavy atom. The average Bonchev–Trinajstić information content (AvgIpc) is 2.83. The molecule has 122 valence electrons. The van der Waals surface area contributed by atoms with E-state index in [0.717, 1.165) is 25.7 Å². The second kappa shape index (κ2) is 7.80. The van der Waals surface area contributed by atoms with E-state index in [0.29, 0.717) is 24.2 Å². The first-order valence-corrected chi connectivity index (χ1v) is 8.35. The third-order valence-electron chi connectivity index (χ3n) is 5.38. The van der Waals surface area contributed by atoms with Crippen LogP contribution in [-0.4, -0.2) is 48.7 Å². The minimum absolute atomic E-state index is 0. The molecule has 1 amide bonds. The molecule has 4 nitrogen and oxygen atoms in total. The number of likely N-dealkylation sites (N-methyl/N-ethyl adjacent to an activating group) is 1. The van der Waals surface area contributed by atoms with Gasteiger partial charge in [0.2, 0.25) is 5.91 Å². The largest absolute Gasteiger partial charge is 0.368 e. The van der Waals surface area contributed by atoms with Gasteiger partial charge in [-0.3, -0.25) is 4.79 Å². The van der Waals surface area contributed by atoms with Crippen LogP contribution in [0, 0.1) is 0 Å². The first-order chi connectivity index (χ1) is 9.72. The summed E-state index contributed by atoms with van der Waals surface area (Å²) >= 11 is 0. The highest BCUT2D eigenvalue weighted by Gasteiger charge is 2.36. The number of ether oxygens (including phenoxy) is 1. The standard InChI is InChI=1S/C16H28N2O2.ClH/c1-18(14-9-12-7-8-13(10-14)17-12)16(19)11-20-15-5-3-2-4-6-15;/h12-15,17H,2-11H2,1H3;1H. The molecule has 0 aromatic rings. The van der Waals surface area contributed by atoms with Gasteiger partial charge in [-0.25, -0.2) is 0 Å². The molecule has 3 rings (SSSR count). The summed E-state index contributed by atoms with van der Waals surface area (Å²) < 4.78 is 5.82. The molecule has 2 unspecified atom stereocenters. The van der Waals surface area contributed by atoms with Crippen molar-refractivity contribution in [1.29, 1.82) is 0 Å². The van der Waals surface area contributed by atoms with Crippen LogP contribution in [0.2, 0.25) is 0 Å². The van der Waals surface area contributed by atoms with Gasteiger partial charge >= 0.3 is 0 Å². The summed E-state index contributed by atoms with van der Waals surface area (Å²) in [5, 5.41) is 3.63. The minimum atomic E-state index is 0. The summed E-state index contributed by atoms with van der Waals surface area (Å²) in [6.07, 6.45) is 11.2. The molecule has 21 heavy (non-hydrogen) atoms. The lowest BCUT2D eigenvalue weighted by Gasteiger charge is -2.35. The predicted molar refractivity (Wildman–Crippen MR) is 85.8 cm³/mol. The van der Waals surface area contributed by atoms with Crippen LogP contribution in [0.1, 0.15) is 57.8 Å². The molecule has 0 aromatic carbocycles. The van der Waals surface area contributed by atoms with Crippen LogP contribution in [0.4, 0.5) is 0 Å². The molecule has 1 aliphatic carbocycles. The van der Waals surface area contributed by atoms with Crippen LogP contribution in [0.25, 0.3) is 0 Å². The van der Waals surface area contributed by atoms with E-state index < -0.39 is 0 Å². The van der Waals surface area contributed by atoms with Crippen molar-refractivity contribution in [1.82, 2.24) is 10.2 Å². The lowest BCUT2D eigenvalue weighted by molar-refractivity contribution is -0.140. The third-order valence-corrected chi connectivity index (χ3v) is 5.38. The summed E-state index contributed by atoms with van der Waals surface area (Å²) in [4.78, 5) is 14.3. The Bertz CT molecular complexity index is 335. The van der Waals surface area contributed by atoms with Crippen molar-refractivity contribution in [2.75, 3.05) is 13.7 Å². The Hall–Kier alpha value is -0.320. The molecule has 2 bridgehead atoms. The number of fused-ring (bicyclic) bond motifs is 2. The maximum atomic E-state index is 12.3. The van der Waals surface area contributed by atoms with Crippen molar-refractivity contribution in [3.8, 4) is 0 Å². The number of carbonyl (C=O) groups is 1. The Balaban J connectivity index is 0.00000161. The maximum Gasteiger partial charge on any atom is 0.248 e. The fraction of sp³-hybridized carbons (Fsp3) is 0.938. The molecule has 0 radical (unpaired) electrons. The van der Waals surface area contributed by atoms with E-state index >= 15 is 0 Å². The molecular weight excluding hydrogens is 288 g/mol. The predicted octanol–water partition coefficient (Wildman–Crippen LogP) is 2.50. The van der Waals surface area contributed by atoms with Crippen molar-refractivity contribution in [2.24, 2.45) is 0 Å². The molecule has 1 N–H and O–H groups in total. The van der Waals surface area contributed by atoms with Crippen LogP contribution >= 0.6 is 12.4 Å². The number of piperidine rings is 1. The van der Waals surface area contributed by atoms with Crippen molar-refractivity contribution >= 4 is 18.3 Å². The SMILES string of the molecule is CN(C(=O)COC1CCCCC1)C1CC2CCC(C1)N2.Cl. The zero-order chi connectivity index (χ0) is 13.9. The summed E-state index contributed by atoms with van der Waals surface area (Å²) in [5.41, 5.74) is 0. The van der Waals surface area contributed by atoms with Gasteiger partial charge in [0.05, 0.1) is 6.10 Å². The van der Waals surface area contributed by atoms with Gasteiger partial charge in [-0.05, 0) is 38.5 Å². The smallest absolute Gasteiger partial charge is 0.248 e. The lowest BCUT2D eigenvalue weighted by atomic mass is 9.97. The topological polar surface area (TPSA) is 41.6 Å². The number of carbonyl (C=O) groups excluding carboxylic acids is 1. The fourth-order valence-corrected chi connectivity index (χ4v) is 4.07. The molecule has 5 heteroatoms. The second-order valence-electron chi connectivity index (χ2n) is 6.84. The number of rotatable bonds is 4. The molecule has 3 aliphatic rings. The van der Waals surface area contributed by atoms with Gasteiger partial charge < -0.3 is 15.0 Å². The summed E-state index contributed by atoms with van der Waals surface area (Å²) in [6, 6.07) is 1.68. The molecule has 0 aromatic heterocycles. The normalized spacial score (nSPS) is 32.5. The molecule has 2 atom stereocenters. The van der Waals surface area contributed by atoms with E-state index in [2.05, 4.69) is 5.32 Å². The highest BCUT2D eigenvalue weighted by Crippen LogP contribution is 2.29. The van der Waals surface area contributed by atoms with Gasteiger partial charge in [0, 0.05) is 25.2 Å². The Labute approximate surface area is 134 Å². The van der Waals surface area contributed by atoms with E-state index in [4.69, 9.17) is 4.74 Å².